The summed E-state index contributed by atoms with van der Waals surface area (Å²) in [5, 5.41) is 1.04. The largest absolute Gasteiger partial charge is 0.341 e. The molecule has 0 unspecified atom stereocenters. The highest BCUT2D eigenvalue weighted by Crippen LogP contribution is 2.43. The van der Waals surface area contributed by atoms with Crippen molar-refractivity contribution >= 4 is 29.1 Å². The predicted octanol–water partition coefficient (Wildman–Crippen LogP) is 3.47. The van der Waals surface area contributed by atoms with Gasteiger partial charge in [0.05, 0.1) is 10.0 Å². The van der Waals surface area contributed by atoms with Gasteiger partial charge in [0.15, 0.2) is 0 Å². The van der Waals surface area contributed by atoms with Gasteiger partial charge in [0.2, 0.25) is 5.91 Å². The van der Waals surface area contributed by atoms with Crippen molar-refractivity contribution in [1.82, 2.24) is 4.90 Å². The molecule has 1 aromatic rings. The number of hydrogen-bond acceptors (Lipinski definition) is 2. The van der Waals surface area contributed by atoms with Crippen LogP contribution in [0.4, 0.5) is 0 Å². The molecule has 0 aromatic heterocycles. The summed E-state index contributed by atoms with van der Waals surface area (Å²) in [4.78, 5) is 14.0. The second-order valence-corrected chi connectivity index (χ2v) is 6.55. The molecule has 0 radical (unpaired) electrons. The highest BCUT2D eigenvalue weighted by atomic mass is 35.5. The van der Waals surface area contributed by atoms with Crippen LogP contribution in [0.5, 0.6) is 0 Å². The summed E-state index contributed by atoms with van der Waals surface area (Å²) in [6, 6.07) is 5.45. The molecule has 1 amide bonds. The van der Waals surface area contributed by atoms with E-state index in [1.807, 2.05) is 13.1 Å². The normalized spacial score (nSPS) is 16.6. The lowest BCUT2D eigenvalue weighted by Gasteiger charge is -2.41. The molecule has 1 fully saturated rings. The Balaban J connectivity index is 1.95. The van der Waals surface area contributed by atoms with Crippen LogP contribution in [0, 0.1) is 5.41 Å². The number of rotatable bonds is 5. The summed E-state index contributed by atoms with van der Waals surface area (Å²) in [6.07, 6.45) is 3.86. The SMILES string of the molecule is CN(Cc1ccc(Cl)c(Cl)c1)C(=O)CC1(CN)CCC1. The maximum atomic E-state index is 12.3. The molecule has 110 valence electrons. The Labute approximate surface area is 130 Å². The third-order valence-electron chi connectivity index (χ3n) is 4.20. The smallest absolute Gasteiger partial charge is 0.223 e. The lowest BCUT2D eigenvalue weighted by Crippen LogP contribution is -2.42. The topological polar surface area (TPSA) is 46.3 Å². The van der Waals surface area contributed by atoms with E-state index in [4.69, 9.17) is 28.9 Å². The second kappa shape index (κ2) is 6.33. The molecule has 1 aromatic carbocycles. The fourth-order valence-corrected chi connectivity index (χ4v) is 2.91. The lowest BCUT2D eigenvalue weighted by atomic mass is 9.66. The summed E-state index contributed by atoms with van der Waals surface area (Å²) in [5.41, 5.74) is 6.83. The minimum Gasteiger partial charge on any atom is -0.341 e. The molecule has 0 saturated heterocycles. The van der Waals surface area contributed by atoms with Crippen LogP contribution in [0.3, 0.4) is 0 Å². The summed E-state index contributed by atoms with van der Waals surface area (Å²) >= 11 is 11.9. The maximum absolute atomic E-state index is 12.3. The van der Waals surface area contributed by atoms with E-state index in [0.717, 1.165) is 18.4 Å². The number of nitrogens with zero attached hydrogens (tertiary/aromatic N) is 1. The van der Waals surface area contributed by atoms with E-state index in [0.29, 0.717) is 29.6 Å². The van der Waals surface area contributed by atoms with Crippen molar-refractivity contribution < 1.29 is 4.79 Å². The molecule has 1 saturated carbocycles. The van der Waals surface area contributed by atoms with Crippen molar-refractivity contribution in [2.75, 3.05) is 13.6 Å². The molecule has 2 N–H and O–H groups in total. The van der Waals surface area contributed by atoms with Crippen LogP contribution < -0.4 is 5.73 Å². The van der Waals surface area contributed by atoms with E-state index < -0.39 is 0 Å². The van der Waals surface area contributed by atoms with Gasteiger partial charge >= 0.3 is 0 Å². The molecule has 1 aliphatic rings. The number of benzene rings is 1. The molecule has 5 heteroatoms. The Morgan fingerprint density at radius 2 is 2.05 bits per heavy atom. The number of carbonyl (C=O) groups excluding carboxylic acids is 1. The first-order chi connectivity index (χ1) is 9.46. The molecule has 0 spiro atoms. The first-order valence-corrected chi connectivity index (χ1v) is 7.59. The molecule has 0 heterocycles. The lowest BCUT2D eigenvalue weighted by molar-refractivity contribution is -0.134. The van der Waals surface area contributed by atoms with Crippen LogP contribution in [0.1, 0.15) is 31.2 Å². The quantitative estimate of drug-likeness (QED) is 0.904. The van der Waals surface area contributed by atoms with E-state index in [1.165, 1.54) is 6.42 Å². The highest BCUT2D eigenvalue weighted by Gasteiger charge is 2.38. The van der Waals surface area contributed by atoms with Crippen molar-refractivity contribution in [2.45, 2.75) is 32.2 Å². The number of amides is 1. The third-order valence-corrected chi connectivity index (χ3v) is 4.94. The fraction of sp³-hybridized carbons (Fsp3) is 0.533. The van der Waals surface area contributed by atoms with Crippen molar-refractivity contribution in [3.8, 4) is 0 Å². The minimum atomic E-state index is 0.0446. The fourth-order valence-electron chi connectivity index (χ4n) is 2.59. The van der Waals surface area contributed by atoms with E-state index in [-0.39, 0.29) is 11.3 Å². The van der Waals surface area contributed by atoms with Crippen LogP contribution >= 0.6 is 23.2 Å². The second-order valence-electron chi connectivity index (χ2n) is 5.73. The molecular formula is C15H20Cl2N2O. The molecule has 0 atom stereocenters. The highest BCUT2D eigenvalue weighted by molar-refractivity contribution is 6.42. The van der Waals surface area contributed by atoms with Gasteiger partial charge in [0, 0.05) is 20.0 Å². The Morgan fingerprint density at radius 3 is 2.55 bits per heavy atom. The number of nitrogens with two attached hydrogens (primary N) is 1. The molecular weight excluding hydrogens is 295 g/mol. The summed E-state index contributed by atoms with van der Waals surface area (Å²) in [6.45, 7) is 1.13. The van der Waals surface area contributed by atoms with Crippen LogP contribution in [0.2, 0.25) is 10.0 Å². The summed E-state index contributed by atoms with van der Waals surface area (Å²) < 4.78 is 0. The monoisotopic (exact) mass is 314 g/mol. The van der Waals surface area contributed by atoms with Crippen molar-refractivity contribution in [1.29, 1.82) is 0 Å². The van der Waals surface area contributed by atoms with Gasteiger partial charge in [-0.1, -0.05) is 35.7 Å². The van der Waals surface area contributed by atoms with E-state index in [1.54, 1.807) is 17.0 Å². The average molecular weight is 315 g/mol. The van der Waals surface area contributed by atoms with Gasteiger partial charge in [-0.15, -0.1) is 0 Å². The predicted molar refractivity (Wildman–Crippen MR) is 82.9 cm³/mol. The van der Waals surface area contributed by atoms with E-state index >= 15 is 0 Å². The zero-order valence-electron chi connectivity index (χ0n) is 11.7. The average Bonchev–Trinajstić information content (AvgIpc) is 2.38. The molecule has 0 bridgehead atoms. The van der Waals surface area contributed by atoms with Gasteiger partial charge in [-0.05, 0) is 42.5 Å². The third kappa shape index (κ3) is 3.46. The van der Waals surface area contributed by atoms with Crippen molar-refractivity contribution in [3.63, 3.8) is 0 Å². The summed E-state index contributed by atoms with van der Waals surface area (Å²) in [7, 11) is 1.81. The number of hydrogen-bond donors (Lipinski definition) is 1. The van der Waals surface area contributed by atoms with Gasteiger partial charge in [0.25, 0.3) is 0 Å². The Hall–Kier alpha value is -0.770. The van der Waals surface area contributed by atoms with Gasteiger partial charge in [0.1, 0.15) is 0 Å². The van der Waals surface area contributed by atoms with Gasteiger partial charge < -0.3 is 10.6 Å². The zero-order chi connectivity index (χ0) is 14.8. The minimum absolute atomic E-state index is 0.0446. The molecule has 2 rings (SSSR count). The Morgan fingerprint density at radius 1 is 1.35 bits per heavy atom. The molecule has 3 nitrogen and oxygen atoms in total. The van der Waals surface area contributed by atoms with Gasteiger partial charge in [-0.2, -0.15) is 0 Å². The van der Waals surface area contributed by atoms with E-state index in [9.17, 15) is 4.79 Å². The standard InChI is InChI=1S/C15H20Cl2N2O/c1-19(9-11-3-4-12(16)13(17)7-11)14(20)8-15(10-18)5-2-6-15/h3-4,7H,2,5-6,8-10,18H2,1H3. The van der Waals surface area contributed by atoms with Crippen molar-refractivity contribution in [2.24, 2.45) is 11.1 Å². The first kappa shape index (κ1) is 15.6. The Bertz CT molecular complexity index is 495. The molecule has 1 aliphatic carbocycles. The number of carbonyl (C=O) groups is 1. The molecule has 20 heavy (non-hydrogen) atoms. The zero-order valence-corrected chi connectivity index (χ0v) is 13.2. The van der Waals surface area contributed by atoms with Crippen LogP contribution in [0.15, 0.2) is 18.2 Å². The Kier molecular flexibility index (Phi) is 4.95. The maximum Gasteiger partial charge on any atom is 0.223 e. The van der Waals surface area contributed by atoms with Crippen LogP contribution in [-0.2, 0) is 11.3 Å². The van der Waals surface area contributed by atoms with Gasteiger partial charge in [-0.25, -0.2) is 0 Å². The summed E-state index contributed by atoms with van der Waals surface area (Å²) in [5.74, 6) is 0.140. The van der Waals surface area contributed by atoms with Crippen LogP contribution in [0.25, 0.3) is 0 Å². The van der Waals surface area contributed by atoms with E-state index in [2.05, 4.69) is 0 Å². The van der Waals surface area contributed by atoms with Gasteiger partial charge in [-0.3, -0.25) is 4.79 Å². The van der Waals surface area contributed by atoms with Crippen molar-refractivity contribution in [3.05, 3.63) is 33.8 Å². The first-order valence-electron chi connectivity index (χ1n) is 6.84. The van der Waals surface area contributed by atoms with Crippen LogP contribution in [-0.4, -0.2) is 24.4 Å². The molecule has 0 aliphatic heterocycles. The number of halogens is 2.